The highest BCUT2D eigenvalue weighted by molar-refractivity contribution is 6.00. The van der Waals surface area contributed by atoms with Crippen molar-refractivity contribution >= 4 is 23.4 Å². The molecule has 0 fully saturated rings. The third kappa shape index (κ3) is 3.97. The molecule has 0 bridgehead atoms. The number of carboxylic acid groups (broad SMARTS) is 1. The predicted molar refractivity (Wildman–Crippen MR) is 79.0 cm³/mol. The van der Waals surface area contributed by atoms with Crippen molar-refractivity contribution in [3.63, 3.8) is 0 Å². The fraction of sp³-hybridized carbons (Fsp3) is 0.0667. The summed E-state index contributed by atoms with van der Waals surface area (Å²) in [6.45, 7) is 0. The van der Waals surface area contributed by atoms with E-state index in [9.17, 15) is 9.59 Å². The molecule has 0 aliphatic rings. The molecule has 0 aromatic heterocycles. The number of methoxy groups -OCH3 is 1. The molecule has 0 saturated heterocycles. The molecule has 0 radical (unpaired) electrons. The van der Waals surface area contributed by atoms with Gasteiger partial charge in [-0.25, -0.2) is 9.59 Å². The Balaban J connectivity index is 1.95. The van der Waals surface area contributed by atoms with Gasteiger partial charge in [0.2, 0.25) is 0 Å². The first kappa shape index (κ1) is 14.4. The van der Waals surface area contributed by atoms with Gasteiger partial charge in [-0.3, -0.25) is 0 Å². The lowest BCUT2D eigenvalue weighted by Gasteiger charge is -2.08. The topological polar surface area (TPSA) is 87.7 Å². The molecule has 3 N–H and O–H groups in total. The summed E-state index contributed by atoms with van der Waals surface area (Å²) in [6, 6.07) is 12.4. The summed E-state index contributed by atoms with van der Waals surface area (Å²) in [4.78, 5) is 22.5. The van der Waals surface area contributed by atoms with E-state index in [0.717, 1.165) is 0 Å². The van der Waals surface area contributed by atoms with Crippen molar-refractivity contribution in [2.45, 2.75) is 0 Å². The number of benzene rings is 2. The van der Waals surface area contributed by atoms with Gasteiger partial charge >= 0.3 is 12.0 Å². The average molecular weight is 286 g/mol. The molecule has 6 heteroatoms. The van der Waals surface area contributed by atoms with Gasteiger partial charge in [-0.1, -0.05) is 0 Å². The highest BCUT2D eigenvalue weighted by Gasteiger charge is 2.05. The zero-order chi connectivity index (χ0) is 15.2. The maximum absolute atomic E-state index is 11.8. The number of rotatable bonds is 4. The minimum atomic E-state index is -1.01. The van der Waals surface area contributed by atoms with Gasteiger partial charge in [0.25, 0.3) is 0 Å². The second-order valence-electron chi connectivity index (χ2n) is 4.19. The van der Waals surface area contributed by atoms with Gasteiger partial charge in [0.1, 0.15) is 5.75 Å². The van der Waals surface area contributed by atoms with Gasteiger partial charge < -0.3 is 20.5 Å². The summed E-state index contributed by atoms with van der Waals surface area (Å²) in [5, 5.41) is 14.1. The van der Waals surface area contributed by atoms with Crippen LogP contribution in [-0.4, -0.2) is 24.2 Å². The van der Waals surface area contributed by atoms with E-state index < -0.39 is 12.0 Å². The first-order valence-corrected chi connectivity index (χ1v) is 6.14. The number of urea groups is 1. The molecule has 2 aromatic carbocycles. The van der Waals surface area contributed by atoms with E-state index in [2.05, 4.69) is 10.6 Å². The highest BCUT2D eigenvalue weighted by Crippen LogP contribution is 2.15. The van der Waals surface area contributed by atoms with Crippen LogP contribution in [-0.2, 0) is 0 Å². The fourth-order valence-corrected chi connectivity index (χ4v) is 1.66. The Morgan fingerprint density at radius 1 is 0.905 bits per heavy atom. The van der Waals surface area contributed by atoms with E-state index in [0.29, 0.717) is 17.1 Å². The molecule has 21 heavy (non-hydrogen) atoms. The third-order valence-electron chi connectivity index (χ3n) is 2.74. The minimum absolute atomic E-state index is 0.163. The SMILES string of the molecule is COc1ccc(NC(=O)Nc2ccc(C(=O)O)cc2)cc1. The molecule has 0 atom stereocenters. The first-order valence-electron chi connectivity index (χ1n) is 6.14. The summed E-state index contributed by atoms with van der Waals surface area (Å²) in [5.74, 6) is -0.311. The maximum atomic E-state index is 11.8. The Morgan fingerprint density at radius 3 is 1.81 bits per heavy atom. The lowest BCUT2D eigenvalue weighted by Crippen LogP contribution is -2.19. The molecule has 0 aliphatic heterocycles. The van der Waals surface area contributed by atoms with E-state index in [1.807, 2.05) is 0 Å². The third-order valence-corrected chi connectivity index (χ3v) is 2.74. The highest BCUT2D eigenvalue weighted by atomic mass is 16.5. The van der Waals surface area contributed by atoms with E-state index in [-0.39, 0.29) is 5.56 Å². The van der Waals surface area contributed by atoms with Crippen LogP contribution in [0.15, 0.2) is 48.5 Å². The van der Waals surface area contributed by atoms with Crippen molar-refractivity contribution in [3.8, 4) is 5.75 Å². The molecule has 0 unspecified atom stereocenters. The van der Waals surface area contributed by atoms with Crippen LogP contribution in [0.4, 0.5) is 16.2 Å². The number of anilines is 2. The Labute approximate surface area is 121 Å². The van der Waals surface area contributed by atoms with Crippen LogP contribution in [0.5, 0.6) is 5.75 Å². The van der Waals surface area contributed by atoms with Crippen LogP contribution < -0.4 is 15.4 Å². The summed E-state index contributed by atoms with van der Waals surface area (Å²) < 4.78 is 5.02. The summed E-state index contributed by atoms with van der Waals surface area (Å²) in [7, 11) is 1.57. The predicted octanol–water partition coefficient (Wildman–Crippen LogP) is 3.04. The van der Waals surface area contributed by atoms with Crippen LogP contribution in [0, 0.1) is 0 Å². The second-order valence-corrected chi connectivity index (χ2v) is 4.19. The number of carboxylic acids is 1. The van der Waals surface area contributed by atoms with Gasteiger partial charge in [-0.05, 0) is 48.5 Å². The minimum Gasteiger partial charge on any atom is -0.497 e. The summed E-state index contributed by atoms with van der Waals surface area (Å²) in [5.41, 5.74) is 1.29. The molecule has 0 heterocycles. The van der Waals surface area contributed by atoms with Gasteiger partial charge in [-0.2, -0.15) is 0 Å². The number of hydrogen-bond donors (Lipinski definition) is 3. The summed E-state index contributed by atoms with van der Waals surface area (Å²) >= 11 is 0. The van der Waals surface area contributed by atoms with Crippen molar-refractivity contribution in [3.05, 3.63) is 54.1 Å². The zero-order valence-corrected chi connectivity index (χ0v) is 11.3. The number of amides is 2. The molecule has 108 valence electrons. The number of aromatic carboxylic acids is 1. The molecule has 2 rings (SSSR count). The van der Waals surface area contributed by atoms with E-state index in [1.165, 1.54) is 24.3 Å². The molecule has 2 amide bonds. The number of nitrogens with one attached hydrogen (secondary N) is 2. The Kier molecular flexibility index (Phi) is 4.40. The number of hydrogen-bond acceptors (Lipinski definition) is 3. The monoisotopic (exact) mass is 286 g/mol. The zero-order valence-electron chi connectivity index (χ0n) is 11.3. The van der Waals surface area contributed by atoms with Crippen molar-refractivity contribution < 1.29 is 19.4 Å². The van der Waals surface area contributed by atoms with Crippen LogP contribution >= 0.6 is 0 Å². The maximum Gasteiger partial charge on any atom is 0.335 e. The number of carbonyl (C=O) groups excluding carboxylic acids is 1. The Morgan fingerprint density at radius 2 is 1.38 bits per heavy atom. The van der Waals surface area contributed by atoms with Gasteiger partial charge in [-0.15, -0.1) is 0 Å². The number of carbonyl (C=O) groups is 2. The second kappa shape index (κ2) is 6.42. The molecular weight excluding hydrogens is 272 g/mol. The van der Waals surface area contributed by atoms with Crippen LogP contribution in [0.2, 0.25) is 0 Å². The molecule has 2 aromatic rings. The van der Waals surface area contributed by atoms with E-state index in [4.69, 9.17) is 9.84 Å². The lowest BCUT2D eigenvalue weighted by atomic mass is 10.2. The smallest absolute Gasteiger partial charge is 0.335 e. The Bertz CT molecular complexity index is 636. The van der Waals surface area contributed by atoms with Crippen molar-refractivity contribution in [2.24, 2.45) is 0 Å². The van der Waals surface area contributed by atoms with Crippen LogP contribution in [0.3, 0.4) is 0 Å². The summed E-state index contributed by atoms with van der Waals surface area (Å²) in [6.07, 6.45) is 0. The van der Waals surface area contributed by atoms with Crippen molar-refractivity contribution in [2.75, 3.05) is 17.7 Å². The van der Waals surface area contributed by atoms with Crippen molar-refractivity contribution in [1.82, 2.24) is 0 Å². The molecular formula is C15H14N2O4. The molecule has 6 nitrogen and oxygen atoms in total. The van der Waals surface area contributed by atoms with Crippen molar-refractivity contribution in [1.29, 1.82) is 0 Å². The normalized spacial score (nSPS) is 9.76. The average Bonchev–Trinajstić information content (AvgIpc) is 2.48. The standard InChI is InChI=1S/C15H14N2O4/c1-21-13-8-6-12(7-9-13)17-15(20)16-11-4-2-10(3-5-11)14(18)19/h2-9H,1H3,(H,18,19)(H2,16,17,20). The van der Waals surface area contributed by atoms with Gasteiger partial charge in [0.15, 0.2) is 0 Å². The molecule has 0 aliphatic carbocycles. The quantitative estimate of drug-likeness (QED) is 0.806. The lowest BCUT2D eigenvalue weighted by molar-refractivity contribution is 0.0697. The molecule has 0 saturated carbocycles. The number of ether oxygens (including phenoxy) is 1. The van der Waals surface area contributed by atoms with Crippen LogP contribution in [0.1, 0.15) is 10.4 Å². The van der Waals surface area contributed by atoms with E-state index >= 15 is 0 Å². The Hall–Kier alpha value is -3.02. The van der Waals surface area contributed by atoms with Gasteiger partial charge in [0.05, 0.1) is 12.7 Å². The van der Waals surface area contributed by atoms with Gasteiger partial charge in [0, 0.05) is 11.4 Å². The molecule has 0 spiro atoms. The van der Waals surface area contributed by atoms with E-state index in [1.54, 1.807) is 31.4 Å². The van der Waals surface area contributed by atoms with Crippen LogP contribution in [0.25, 0.3) is 0 Å². The largest absolute Gasteiger partial charge is 0.497 e. The first-order chi connectivity index (χ1) is 10.1. The fourth-order valence-electron chi connectivity index (χ4n) is 1.66.